The van der Waals surface area contributed by atoms with E-state index in [9.17, 15) is 19.2 Å². The number of aryl methyl sites for hydroxylation is 1. The number of hydrogen-bond donors (Lipinski definition) is 2. The van der Waals surface area contributed by atoms with Crippen molar-refractivity contribution in [3.8, 4) is 0 Å². The smallest absolute Gasteiger partial charge is 0.408 e. The van der Waals surface area contributed by atoms with Gasteiger partial charge in [0.15, 0.2) is 0 Å². The predicted molar refractivity (Wildman–Crippen MR) is 152 cm³/mol. The molecule has 0 saturated heterocycles. The molecule has 0 aliphatic carbocycles. The Bertz CT molecular complexity index is 941. The summed E-state index contributed by atoms with van der Waals surface area (Å²) < 4.78 is 10.4. The average Bonchev–Trinajstić information content (AvgIpc) is 2.81. The van der Waals surface area contributed by atoms with Crippen LogP contribution in [0.25, 0.3) is 0 Å². The minimum absolute atomic E-state index is 0.0278. The zero-order chi connectivity index (χ0) is 29.6. The lowest BCUT2D eigenvalue weighted by molar-refractivity contribution is -0.144. The molecule has 0 radical (unpaired) electrons. The second-order valence-corrected chi connectivity index (χ2v) is 11.2. The van der Waals surface area contributed by atoms with E-state index in [1.807, 2.05) is 45.0 Å². The Hall–Kier alpha value is -3.10. The van der Waals surface area contributed by atoms with Crippen molar-refractivity contribution in [2.45, 2.75) is 105 Å². The molecular formula is C30H49N3O6. The Kier molecular flexibility index (Phi) is 14.6. The monoisotopic (exact) mass is 547 g/mol. The van der Waals surface area contributed by atoms with E-state index in [0.29, 0.717) is 24.9 Å². The molecule has 39 heavy (non-hydrogen) atoms. The number of nitrogens with one attached hydrogen (secondary N) is 2. The molecule has 2 N–H and O–H groups in total. The average molecular weight is 548 g/mol. The Morgan fingerprint density at radius 3 is 2.31 bits per heavy atom. The van der Waals surface area contributed by atoms with E-state index in [0.717, 1.165) is 18.4 Å². The summed E-state index contributed by atoms with van der Waals surface area (Å²) in [4.78, 5) is 53.9. The van der Waals surface area contributed by atoms with Crippen molar-refractivity contribution in [3.63, 3.8) is 0 Å². The van der Waals surface area contributed by atoms with Crippen LogP contribution in [0, 0.1) is 12.8 Å². The predicted octanol–water partition coefficient (Wildman–Crippen LogP) is 5.06. The molecule has 0 fully saturated rings. The first-order chi connectivity index (χ1) is 18.3. The lowest BCUT2D eigenvalue weighted by atomic mass is 9.98. The molecule has 0 spiro atoms. The number of hydrogen-bond acceptors (Lipinski definition) is 6. The zero-order valence-corrected chi connectivity index (χ0v) is 25.1. The highest BCUT2D eigenvalue weighted by molar-refractivity contribution is 5.92. The molecule has 0 heterocycles. The molecule has 2 atom stereocenters. The SMILES string of the molecule is CCCCCN(C(=O)C(CC(C)C)NC(=O)OC(C)(C)C)C(C(=O)NCCC(=O)OCC)c1cccc(C)c1. The first-order valence-electron chi connectivity index (χ1n) is 14.1. The number of carbonyl (C=O) groups is 4. The number of unbranched alkanes of at least 4 members (excludes halogenated alkanes) is 2. The first-order valence-corrected chi connectivity index (χ1v) is 14.1. The fraction of sp³-hybridized carbons (Fsp3) is 0.667. The molecule has 0 aliphatic heterocycles. The van der Waals surface area contributed by atoms with Crippen LogP contribution in [0.5, 0.6) is 0 Å². The maximum absolute atomic E-state index is 14.1. The number of nitrogens with zero attached hydrogens (tertiary/aromatic N) is 1. The Balaban J connectivity index is 3.42. The lowest BCUT2D eigenvalue weighted by Crippen LogP contribution is -2.53. The van der Waals surface area contributed by atoms with E-state index in [1.54, 1.807) is 32.6 Å². The van der Waals surface area contributed by atoms with Gasteiger partial charge in [-0.3, -0.25) is 14.4 Å². The highest BCUT2D eigenvalue weighted by atomic mass is 16.6. The number of carbonyl (C=O) groups excluding carboxylic acids is 4. The second kappa shape index (κ2) is 16.8. The normalized spacial score (nSPS) is 12.8. The number of rotatable bonds is 15. The van der Waals surface area contributed by atoms with Crippen molar-refractivity contribution in [3.05, 3.63) is 35.4 Å². The van der Waals surface area contributed by atoms with Gasteiger partial charge < -0.3 is 25.0 Å². The van der Waals surface area contributed by atoms with E-state index >= 15 is 0 Å². The maximum atomic E-state index is 14.1. The van der Waals surface area contributed by atoms with Crippen LogP contribution in [-0.4, -0.2) is 60.1 Å². The van der Waals surface area contributed by atoms with E-state index in [2.05, 4.69) is 17.6 Å². The van der Waals surface area contributed by atoms with Crippen molar-refractivity contribution in [2.24, 2.45) is 5.92 Å². The van der Waals surface area contributed by atoms with Gasteiger partial charge in [-0.1, -0.05) is 63.4 Å². The number of amides is 3. The van der Waals surface area contributed by atoms with Crippen molar-refractivity contribution in [1.29, 1.82) is 0 Å². The minimum atomic E-state index is -0.938. The summed E-state index contributed by atoms with van der Waals surface area (Å²) in [6, 6.07) is 5.67. The van der Waals surface area contributed by atoms with E-state index in [-0.39, 0.29) is 31.4 Å². The fourth-order valence-corrected chi connectivity index (χ4v) is 4.17. The van der Waals surface area contributed by atoms with Gasteiger partial charge in [-0.25, -0.2) is 4.79 Å². The molecule has 0 saturated carbocycles. The molecule has 0 bridgehead atoms. The summed E-state index contributed by atoms with van der Waals surface area (Å²) in [7, 11) is 0. The van der Waals surface area contributed by atoms with E-state index in [1.165, 1.54) is 0 Å². The third-order valence-corrected chi connectivity index (χ3v) is 5.83. The van der Waals surface area contributed by atoms with Crippen LogP contribution < -0.4 is 10.6 Å². The van der Waals surface area contributed by atoms with Gasteiger partial charge in [-0.15, -0.1) is 0 Å². The Morgan fingerprint density at radius 1 is 1.05 bits per heavy atom. The summed E-state index contributed by atoms with van der Waals surface area (Å²) in [5, 5.41) is 5.58. The van der Waals surface area contributed by atoms with Gasteiger partial charge >= 0.3 is 12.1 Å². The standard InChI is InChI=1S/C30H49N3O6/c1-9-11-12-18-33(28(36)24(19-21(3)4)32-29(37)39-30(6,7)8)26(23-15-13-14-22(5)20-23)27(35)31-17-16-25(34)38-10-2/h13-15,20-21,24,26H,9-12,16-19H2,1-8H3,(H,31,35)(H,32,37). The summed E-state index contributed by atoms with van der Waals surface area (Å²) >= 11 is 0. The summed E-state index contributed by atoms with van der Waals surface area (Å²) in [5.41, 5.74) is 0.886. The number of ether oxygens (including phenoxy) is 2. The molecular weight excluding hydrogens is 498 g/mol. The molecule has 9 heteroatoms. The molecule has 1 rings (SSSR count). The number of alkyl carbamates (subject to hydrolysis) is 1. The molecule has 3 amide bonds. The molecule has 9 nitrogen and oxygen atoms in total. The summed E-state index contributed by atoms with van der Waals surface area (Å²) in [5.74, 6) is -1.05. The van der Waals surface area contributed by atoms with Crippen LogP contribution in [-0.2, 0) is 23.9 Å². The van der Waals surface area contributed by atoms with Gasteiger partial charge in [0.1, 0.15) is 17.7 Å². The zero-order valence-electron chi connectivity index (χ0n) is 25.1. The Labute approximate surface area is 234 Å². The van der Waals surface area contributed by atoms with Gasteiger partial charge in [-0.05, 0) is 58.9 Å². The molecule has 0 aromatic heterocycles. The minimum Gasteiger partial charge on any atom is -0.466 e. The van der Waals surface area contributed by atoms with E-state index in [4.69, 9.17) is 9.47 Å². The molecule has 1 aromatic carbocycles. The van der Waals surface area contributed by atoms with Crippen molar-refractivity contribution in [1.82, 2.24) is 15.5 Å². The molecule has 2 unspecified atom stereocenters. The topological polar surface area (TPSA) is 114 Å². The molecule has 0 aliphatic rings. The van der Waals surface area contributed by atoms with Crippen LogP contribution in [0.1, 0.15) is 97.7 Å². The summed E-state index contributed by atoms with van der Waals surface area (Å²) in [6.07, 6.45) is 2.24. The Morgan fingerprint density at radius 2 is 1.74 bits per heavy atom. The third-order valence-electron chi connectivity index (χ3n) is 5.83. The van der Waals surface area contributed by atoms with Crippen molar-refractivity contribution >= 4 is 23.9 Å². The van der Waals surface area contributed by atoms with Crippen molar-refractivity contribution in [2.75, 3.05) is 19.7 Å². The van der Waals surface area contributed by atoms with Crippen LogP contribution in [0.2, 0.25) is 0 Å². The largest absolute Gasteiger partial charge is 0.466 e. The van der Waals surface area contributed by atoms with Crippen LogP contribution in [0.4, 0.5) is 4.79 Å². The lowest BCUT2D eigenvalue weighted by Gasteiger charge is -2.35. The highest BCUT2D eigenvalue weighted by Crippen LogP contribution is 2.25. The van der Waals surface area contributed by atoms with Gasteiger partial charge in [0.25, 0.3) is 0 Å². The second-order valence-electron chi connectivity index (χ2n) is 11.2. The van der Waals surface area contributed by atoms with Gasteiger partial charge in [-0.2, -0.15) is 0 Å². The summed E-state index contributed by atoms with van der Waals surface area (Å²) in [6.45, 7) is 15.6. The van der Waals surface area contributed by atoms with Crippen LogP contribution in [0.3, 0.4) is 0 Å². The van der Waals surface area contributed by atoms with Gasteiger partial charge in [0.2, 0.25) is 11.8 Å². The van der Waals surface area contributed by atoms with Gasteiger partial charge in [0.05, 0.1) is 13.0 Å². The first kappa shape index (κ1) is 33.9. The van der Waals surface area contributed by atoms with Crippen LogP contribution in [0.15, 0.2) is 24.3 Å². The molecule has 220 valence electrons. The third kappa shape index (κ3) is 13.0. The highest BCUT2D eigenvalue weighted by Gasteiger charge is 2.36. The number of benzene rings is 1. The van der Waals surface area contributed by atoms with E-state index < -0.39 is 35.7 Å². The number of esters is 1. The quantitative estimate of drug-likeness (QED) is 0.234. The fourth-order valence-electron chi connectivity index (χ4n) is 4.17. The van der Waals surface area contributed by atoms with Crippen LogP contribution >= 0.6 is 0 Å². The molecule has 1 aromatic rings. The van der Waals surface area contributed by atoms with Crippen molar-refractivity contribution < 1.29 is 28.7 Å². The maximum Gasteiger partial charge on any atom is 0.408 e. The van der Waals surface area contributed by atoms with Gasteiger partial charge in [0, 0.05) is 13.1 Å².